The maximum atomic E-state index is 5.81. The minimum Gasteiger partial charge on any atom is -0.354 e. The Labute approximate surface area is 306 Å². The largest absolute Gasteiger partial charge is 0.354 e. The van der Waals surface area contributed by atoms with Gasteiger partial charge in [-0.1, -0.05) is 103 Å². The Morgan fingerprint density at radius 3 is 1.06 bits per heavy atom. The van der Waals surface area contributed by atoms with Crippen LogP contribution in [0.5, 0.6) is 0 Å². The van der Waals surface area contributed by atoms with Gasteiger partial charge in [0.05, 0.1) is 22.8 Å². The molecule has 0 amide bonds. The van der Waals surface area contributed by atoms with E-state index in [1.54, 1.807) is 11.8 Å². The molecule has 0 spiro atoms. The molecule has 4 aromatic carbocycles. The van der Waals surface area contributed by atoms with Crippen LogP contribution in [-0.4, -0.2) is 32.2 Å². The van der Waals surface area contributed by atoms with E-state index in [0.717, 1.165) is 95.1 Å². The molecule has 0 saturated carbocycles. The SMILES string of the molecule is NCCSc1ccc(-c2c3nc(c(-c4ccccc4)c4ccc([nH]4)c(-c4ccccc4)c4nc(c(-c5ccccc5)c5ccc2[nH]5)C=C4)C=C3)cc1. The molecule has 9 rings (SSSR count). The number of benzene rings is 4. The Hall–Kier alpha value is -6.21. The van der Waals surface area contributed by atoms with Crippen molar-refractivity contribution in [3.8, 4) is 44.5 Å². The molecule has 7 aromatic rings. The minimum absolute atomic E-state index is 0.642. The second-order valence-corrected chi connectivity index (χ2v) is 13.9. The van der Waals surface area contributed by atoms with Gasteiger partial charge in [0.15, 0.2) is 0 Å². The standard InChI is InChI=1S/C46H35N5S/c47-28-29-52-34-18-16-33(17-19-34)46-41-26-24-39(50-41)44(31-12-6-2-7-13-31)37-22-20-35(48-37)43(30-10-4-1-5-11-30)36-21-23-38(49-36)45(32-14-8-3-9-15-32)40-25-27-42(46)51-40/h1-27,48,51H,28-29,47H2. The second-order valence-electron chi connectivity index (χ2n) is 12.8. The summed E-state index contributed by atoms with van der Waals surface area (Å²) in [5.41, 5.74) is 21.8. The number of hydrogen-bond donors (Lipinski definition) is 3. The van der Waals surface area contributed by atoms with Crippen molar-refractivity contribution in [1.29, 1.82) is 0 Å². The van der Waals surface area contributed by atoms with Crippen molar-refractivity contribution in [1.82, 2.24) is 19.9 Å². The van der Waals surface area contributed by atoms with Crippen LogP contribution in [0.1, 0.15) is 22.8 Å². The number of hydrogen-bond acceptors (Lipinski definition) is 4. The van der Waals surface area contributed by atoms with Crippen molar-refractivity contribution in [2.45, 2.75) is 4.90 Å². The summed E-state index contributed by atoms with van der Waals surface area (Å²) in [7, 11) is 0. The average Bonchev–Trinajstić information content (AvgIpc) is 4.04. The van der Waals surface area contributed by atoms with Crippen LogP contribution in [0, 0.1) is 0 Å². The predicted octanol–water partition coefficient (Wildman–Crippen LogP) is 11.4. The van der Waals surface area contributed by atoms with Gasteiger partial charge in [-0.15, -0.1) is 11.8 Å². The Morgan fingerprint density at radius 2 is 0.731 bits per heavy atom. The molecule has 2 aliphatic rings. The first kappa shape index (κ1) is 31.7. The fourth-order valence-corrected chi connectivity index (χ4v) is 7.81. The molecule has 0 fully saturated rings. The Kier molecular flexibility index (Phi) is 8.45. The lowest BCUT2D eigenvalue weighted by atomic mass is 10.0. The molecule has 2 aliphatic heterocycles. The third-order valence-electron chi connectivity index (χ3n) is 9.47. The highest BCUT2D eigenvalue weighted by atomic mass is 32.2. The maximum absolute atomic E-state index is 5.81. The maximum Gasteiger partial charge on any atom is 0.0737 e. The predicted molar refractivity (Wildman–Crippen MR) is 220 cm³/mol. The normalized spacial score (nSPS) is 12.0. The van der Waals surface area contributed by atoms with Crippen LogP contribution in [0.2, 0.25) is 0 Å². The Morgan fingerprint density at radius 1 is 0.404 bits per heavy atom. The molecule has 0 saturated heterocycles. The zero-order valence-corrected chi connectivity index (χ0v) is 29.2. The van der Waals surface area contributed by atoms with Crippen LogP contribution >= 0.6 is 11.8 Å². The van der Waals surface area contributed by atoms with E-state index in [2.05, 4.69) is 168 Å². The monoisotopic (exact) mass is 689 g/mol. The Bertz CT molecular complexity index is 2600. The summed E-state index contributed by atoms with van der Waals surface area (Å²) in [5.74, 6) is 0.877. The molecule has 8 bridgehead atoms. The van der Waals surface area contributed by atoms with Crippen LogP contribution in [0.4, 0.5) is 0 Å². The third-order valence-corrected chi connectivity index (χ3v) is 10.5. The number of rotatable bonds is 7. The van der Waals surface area contributed by atoms with Gasteiger partial charge in [-0.25, -0.2) is 9.97 Å². The van der Waals surface area contributed by atoms with Crippen LogP contribution < -0.4 is 5.73 Å². The highest BCUT2D eigenvalue weighted by molar-refractivity contribution is 7.99. The lowest BCUT2D eigenvalue weighted by Crippen LogP contribution is -2.00. The molecule has 3 aromatic heterocycles. The zero-order chi connectivity index (χ0) is 34.9. The summed E-state index contributed by atoms with van der Waals surface area (Å²) in [6, 6.07) is 48.9. The van der Waals surface area contributed by atoms with E-state index in [1.807, 2.05) is 6.07 Å². The van der Waals surface area contributed by atoms with Crippen molar-refractivity contribution in [3.05, 3.63) is 162 Å². The number of aromatic nitrogens is 4. The van der Waals surface area contributed by atoms with E-state index in [4.69, 9.17) is 15.7 Å². The number of nitrogens with one attached hydrogen (secondary N) is 2. The van der Waals surface area contributed by atoms with Gasteiger partial charge in [0.2, 0.25) is 0 Å². The number of nitrogens with two attached hydrogens (primary N) is 1. The first-order chi connectivity index (χ1) is 25.7. The molecule has 4 N–H and O–H groups in total. The molecule has 52 heavy (non-hydrogen) atoms. The number of aromatic amines is 2. The topological polar surface area (TPSA) is 83.4 Å². The van der Waals surface area contributed by atoms with E-state index in [1.165, 1.54) is 4.90 Å². The lowest BCUT2D eigenvalue weighted by Gasteiger charge is -2.07. The van der Waals surface area contributed by atoms with Crippen LogP contribution in [0.15, 0.2) is 144 Å². The molecule has 5 nitrogen and oxygen atoms in total. The van der Waals surface area contributed by atoms with Crippen molar-refractivity contribution in [2.75, 3.05) is 12.3 Å². The summed E-state index contributed by atoms with van der Waals surface area (Å²) in [6.07, 6.45) is 8.55. The van der Waals surface area contributed by atoms with E-state index in [9.17, 15) is 0 Å². The van der Waals surface area contributed by atoms with Gasteiger partial charge in [-0.3, -0.25) is 0 Å². The lowest BCUT2D eigenvalue weighted by molar-refractivity contribution is 1.15. The van der Waals surface area contributed by atoms with Gasteiger partial charge in [0.1, 0.15) is 0 Å². The van der Waals surface area contributed by atoms with Crippen LogP contribution in [-0.2, 0) is 0 Å². The summed E-state index contributed by atoms with van der Waals surface area (Å²) < 4.78 is 0. The second kappa shape index (κ2) is 13.8. The number of fused-ring (bicyclic) bond motifs is 8. The molecule has 6 heteroatoms. The van der Waals surface area contributed by atoms with Gasteiger partial charge in [0.25, 0.3) is 0 Å². The van der Waals surface area contributed by atoms with Gasteiger partial charge in [0, 0.05) is 61.5 Å². The molecule has 0 unspecified atom stereocenters. The molecule has 0 atom stereocenters. The fourth-order valence-electron chi connectivity index (χ4n) is 7.13. The van der Waals surface area contributed by atoms with E-state index in [-0.39, 0.29) is 0 Å². The first-order valence-corrected chi connectivity index (χ1v) is 18.5. The molecule has 250 valence electrons. The third kappa shape index (κ3) is 5.98. The van der Waals surface area contributed by atoms with Crippen molar-refractivity contribution < 1.29 is 0 Å². The number of thioether (sulfide) groups is 1. The smallest absolute Gasteiger partial charge is 0.0737 e. The minimum atomic E-state index is 0.642. The van der Waals surface area contributed by atoms with Crippen molar-refractivity contribution in [2.24, 2.45) is 5.73 Å². The zero-order valence-electron chi connectivity index (χ0n) is 28.4. The van der Waals surface area contributed by atoms with Crippen LogP contribution in [0.25, 0.3) is 90.9 Å². The molecular formula is C46H35N5S. The molecule has 0 aliphatic carbocycles. The summed E-state index contributed by atoms with van der Waals surface area (Å²) in [4.78, 5) is 19.6. The highest BCUT2D eigenvalue weighted by Gasteiger charge is 2.18. The molecular weight excluding hydrogens is 655 g/mol. The van der Waals surface area contributed by atoms with Crippen molar-refractivity contribution in [3.63, 3.8) is 0 Å². The summed E-state index contributed by atoms with van der Waals surface area (Å²) in [5, 5.41) is 0. The fraction of sp³-hybridized carbons (Fsp3) is 0.0435. The van der Waals surface area contributed by atoms with Crippen molar-refractivity contribution >= 4 is 58.1 Å². The van der Waals surface area contributed by atoms with Gasteiger partial charge in [-0.05, 0) is 83.0 Å². The highest BCUT2D eigenvalue weighted by Crippen LogP contribution is 2.38. The van der Waals surface area contributed by atoms with E-state index in [0.29, 0.717) is 6.54 Å². The molecule has 0 radical (unpaired) electrons. The molecule has 5 heterocycles. The van der Waals surface area contributed by atoms with Gasteiger partial charge >= 0.3 is 0 Å². The Balaban J connectivity index is 1.43. The van der Waals surface area contributed by atoms with E-state index < -0.39 is 0 Å². The summed E-state index contributed by atoms with van der Waals surface area (Å²) in [6.45, 7) is 0.642. The van der Waals surface area contributed by atoms with Gasteiger partial charge < -0.3 is 15.7 Å². The quantitative estimate of drug-likeness (QED) is 0.145. The van der Waals surface area contributed by atoms with Gasteiger partial charge in [-0.2, -0.15) is 0 Å². The summed E-state index contributed by atoms with van der Waals surface area (Å²) >= 11 is 1.77. The van der Waals surface area contributed by atoms with Crippen LogP contribution in [0.3, 0.4) is 0 Å². The number of nitrogens with zero attached hydrogens (tertiary/aromatic N) is 2. The van der Waals surface area contributed by atoms with E-state index >= 15 is 0 Å². The first-order valence-electron chi connectivity index (χ1n) is 17.5. The number of H-pyrrole nitrogens is 2. The average molecular weight is 690 g/mol.